The second-order valence-electron chi connectivity index (χ2n) is 4.66. The second-order valence-corrected chi connectivity index (χ2v) is 4.66. The molecular weight excluding hydrogens is 146 g/mol. The van der Waals surface area contributed by atoms with E-state index in [0.717, 1.165) is 17.8 Å². The predicted octanol–water partition coefficient (Wildman–Crippen LogP) is 2.80. The number of nitrogens with two attached hydrogens (primary N) is 1. The van der Waals surface area contributed by atoms with Crippen molar-refractivity contribution in [3.63, 3.8) is 0 Å². The van der Waals surface area contributed by atoms with Gasteiger partial charge in [-0.3, -0.25) is 0 Å². The molecule has 0 aromatic heterocycles. The maximum atomic E-state index is 6.10. The van der Waals surface area contributed by atoms with Crippen LogP contribution in [-0.2, 0) is 0 Å². The Morgan fingerprint density at radius 1 is 1.33 bits per heavy atom. The maximum Gasteiger partial charge on any atom is 0.00698 e. The van der Waals surface area contributed by atoms with Gasteiger partial charge in [-0.25, -0.2) is 0 Å². The molecule has 1 heteroatoms. The fraction of sp³-hybridized carbons (Fsp3) is 1.00. The molecule has 1 fully saturated rings. The minimum absolute atomic E-state index is 0.479. The van der Waals surface area contributed by atoms with Gasteiger partial charge in [-0.05, 0) is 37.0 Å². The Morgan fingerprint density at radius 3 is 2.50 bits per heavy atom. The van der Waals surface area contributed by atoms with Crippen molar-refractivity contribution >= 4 is 0 Å². The molecule has 0 heterocycles. The van der Waals surface area contributed by atoms with Crippen molar-refractivity contribution in [2.24, 2.45) is 23.5 Å². The average Bonchev–Trinajstić information content (AvgIpc) is 2.05. The van der Waals surface area contributed by atoms with Crippen molar-refractivity contribution in [2.75, 3.05) is 0 Å². The fourth-order valence-electron chi connectivity index (χ4n) is 2.46. The first-order valence-corrected chi connectivity index (χ1v) is 5.40. The van der Waals surface area contributed by atoms with Crippen LogP contribution in [0.2, 0.25) is 0 Å². The van der Waals surface area contributed by atoms with E-state index >= 15 is 0 Å². The van der Waals surface area contributed by atoms with Gasteiger partial charge in [-0.15, -0.1) is 0 Å². The molecule has 72 valence electrons. The topological polar surface area (TPSA) is 26.0 Å². The Bertz CT molecular complexity index is 131. The van der Waals surface area contributed by atoms with Crippen LogP contribution in [0.25, 0.3) is 0 Å². The lowest BCUT2D eigenvalue weighted by molar-refractivity contribution is 0.181. The molecule has 12 heavy (non-hydrogen) atoms. The van der Waals surface area contributed by atoms with Crippen molar-refractivity contribution < 1.29 is 0 Å². The molecule has 0 aromatic carbocycles. The van der Waals surface area contributed by atoms with Crippen molar-refractivity contribution in [1.82, 2.24) is 0 Å². The van der Waals surface area contributed by atoms with E-state index in [9.17, 15) is 0 Å². The minimum atomic E-state index is 0.479. The minimum Gasteiger partial charge on any atom is -0.327 e. The summed E-state index contributed by atoms with van der Waals surface area (Å²) >= 11 is 0. The van der Waals surface area contributed by atoms with Crippen molar-refractivity contribution in [3.8, 4) is 0 Å². The van der Waals surface area contributed by atoms with Gasteiger partial charge in [0.15, 0.2) is 0 Å². The molecule has 0 radical (unpaired) electrons. The van der Waals surface area contributed by atoms with Gasteiger partial charge in [0.05, 0.1) is 0 Å². The summed E-state index contributed by atoms with van der Waals surface area (Å²) < 4.78 is 0. The summed E-state index contributed by atoms with van der Waals surface area (Å²) in [5.74, 6) is 2.51. The zero-order chi connectivity index (χ0) is 9.14. The third-order valence-corrected chi connectivity index (χ3v) is 3.50. The van der Waals surface area contributed by atoms with E-state index in [-0.39, 0.29) is 0 Å². The fourth-order valence-corrected chi connectivity index (χ4v) is 2.46. The standard InChI is InChI=1S/C11H23N/c1-4-9-5-6-11(12)10(7-9)8(2)3/h8-11H,4-7,12H2,1-3H3. The molecule has 1 nitrogen and oxygen atoms in total. The van der Waals surface area contributed by atoms with E-state index in [0.29, 0.717) is 6.04 Å². The summed E-state index contributed by atoms with van der Waals surface area (Å²) in [5.41, 5.74) is 6.10. The molecule has 0 bridgehead atoms. The van der Waals surface area contributed by atoms with Gasteiger partial charge in [0.2, 0.25) is 0 Å². The predicted molar refractivity (Wildman–Crippen MR) is 53.9 cm³/mol. The van der Waals surface area contributed by atoms with Crippen molar-refractivity contribution in [2.45, 2.75) is 52.5 Å². The third kappa shape index (κ3) is 2.22. The van der Waals surface area contributed by atoms with Gasteiger partial charge in [0, 0.05) is 6.04 Å². The first-order chi connectivity index (χ1) is 5.65. The molecule has 0 aliphatic heterocycles. The zero-order valence-electron chi connectivity index (χ0n) is 8.72. The van der Waals surface area contributed by atoms with Crippen LogP contribution in [0.15, 0.2) is 0 Å². The molecule has 0 saturated heterocycles. The lowest BCUT2D eigenvalue weighted by Crippen LogP contribution is -2.38. The van der Waals surface area contributed by atoms with E-state index in [1.54, 1.807) is 0 Å². The highest BCUT2D eigenvalue weighted by Gasteiger charge is 2.28. The smallest absolute Gasteiger partial charge is 0.00698 e. The van der Waals surface area contributed by atoms with Gasteiger partial charge in [0.25, 0.3) is 0 Å². The summed E-state index contributed by atoms with van der Waals surface area (Å²) in [6.07, 6.45) is 5.33. The Morgan fingerprint density at radius 2 is 2.00 bits per heavy atom. The van der Waals surface area contributed by atoms with Gasteiger partial charge < -0.3 is 5.73 Å². The molecule has 1 aliphatic rings. The Kier molecular flexibility index (Phi) is 3.57. The van der Waals surface area contributed by atoms with Gasteiger partial charge in [-0.2, -0.15) is 0 Å². The van der Waals surface area contributed by atoms with Crippen molar-refractivity contribution in [3.05, 3.63) is 0 Å². The molecule has 3 atom stereocenters. The highest BCUT2D eigenvalue weighted by Crippen LogP contribution is 2.34. The van der Waals surface area contributed by atoms with Crippen LogP contribution in [0, 0.1) is 17.8 Å². The molecule has 1 aliphatic carbocycles. The largest absolute Gasteiger partial charge is 0.327 e. The Labute approximate surface area is 76.7 Å². The highest BCUT2D eigenvalue weighted by molar-refractivity contribution is 4.83. The zero-order valence-corrected chi connectivity index (χ0v) is 8.72. The first-order valence-electron chi connectivity index (χ1n) is 5.40. The summed E-state index contributed by atoms with van der Waals surface area (Å²) in [4.78, 5) is 0. The first kappa shape index (κ1) is 10.0. The van der Waals surface area contributed by atoms with Gasteiger partial charge in [-0.1, -0.05) is 27.2 Å². The van der Waals surface area contributed by atoms with E-state index in [1.807, 2.05) is 0 Å². The molecule has 3 unspecified atom stereocenters. The summed E-state index contributed by atoms with van der Waals surface area (Å²) in [5, 5.41) is 0. The quantitative estimate of drug-likeness (QED) is 0.676. The number of rotatable bonds is 2. The van der Waals surface area contributed by atoms with E-state index in [4.69, 9.17) is 5.73 Å². The van der Waals surface area contributed by atoms with E-state index in [2.05, 4.69) is 20.8 Å². The van der Waals surface area contributed by atoms with Crippen molar-refractivity contribution in [1.29, 1.82) is 0 Å². The third-order valence-electron chi connectivity index (χ3n) is 3.50. The molecule has 2 N–H and O–H groups in total. The van der Waals surface area contributed by atoms with Crippen LogP contribution in [0.3, 0.4) is 0 Å². The van der Waals surface area contributed by atoms with Crippen LogP contribution in [-0.4, -0.2) is 6.04 Å². The van der Waals surface area contributed by atoms with Gasteiger partial charge >= 0.3 is 0 Å². The lowest BCUT2D eigenvalue weighted by atomic mass is 9.73. The Hall–Kier alpha value is -0.0400. The van der Waals surface area contributed by atoms with Crippen LogP contribution in [0.1, 0.15) is 46.5 Å². The number of hydrogen-bond donors (Lipinski definition) is 1. The monoisotopic (exact) mass is 169 g/mol. The van der Waals surface area contributed by atoms with Crippen LogP contribution in [0.5, 0.6) is 0 Å². The molecular formula is C11H23N. The summed E-state index contributed by atoms with van der Waals surface area (Å²) in [6.45, 7) is 6.92. The van der Waals surface area contributed by atoms with E-state index < -0.39 is 0 Å². The molecule has 0 aromatic rings. The molecule has 0 spiro atoms. The second kappa shape index (κ2) is 4.27. The number of hydrogen-bond acceptors (Lipinski definition) is 1. The highest BCUT2D eigenvalue weighted by atomic mass is 14.7. The Balaban J connectivity index is 2.47. The molecule has 1 rings (SSSR count). The van der Waals surface area contributed by atoms with Gasteiger partial charge in [0.1, 0.15) is 0 Å². The normalized spacial score (nSPS) is 37.2. The molecule has 1 saturated carbocycles. The maximum absolute atomic E-state index is 6.10. The van der Waals surface area contributed by atoms with Crippen LogP contribution < -0.4 is 5.73 Å². The SMILES string of the molecule is CCC1CCC(N)C(C(C)C)C1. The van der Waals surface area contributed by atoms with Crippen LogP contribution >= 0.6 is 0 Å². The lowest BCUT2D eigenvalue weighted by Gasteiger charge is -2.36. The van der Waals surface area contributed by atoms with Crippen LogP contribution in [0.4, 0.5) is 0 Å². The summed E-state index contributed by atoms with van der Waals surface area (Å²) in [7, 11) is 0. The van der Waals surface area contributed by atoms with E-state index in [1.165, 1.54) is 25.7 Å². The molecule has 0 amide bonds. The summed E-state index contributed by atoms with van der Waals surface area (Å²) in [6, 6.07) is 0.479. The average molecular weight is 169 g/mol.